The van der Waals surface area contributed by atoms with E-state index in [0.717, 1.165) is 10.7 Å². The van der Waals surface area contributed by atoms with Gasteiger partial charge in [-0.3, -0.25) is 9.10 Å². The maximum atomic E-state index is 12.9. The van der Waals surface area contributed by atoms with E-state index in [2.05, 4.69) is 10.3 Å². The van der Waals surface area contributed by atoms with Crippen LogP contribution in [0, 0.1) is 6.92 Å². The van der Waals surface area contributed by atoms with Gasteiger partial charge in [-0.05, 0) is 55.5 Å². The molecule has 0 aliphatic heterocycles. The number of carbonyl (C=O) groups excluding carboxylic acids is 1. The summed E-state index contributed by atoms with van der Waals surface area (Å²) in [5.74, 6) is 0.922. The summed E-state index contributed by atoms with van der Waals surface area (Å²) in [6.07, 6.45) is 0. The molecule has 0 fully saturated rings. The Hall–Kier alpha value is -3.43. The minimum Gasteiger partial charge on any atom is -0.458 e. The van der Waals surface area contributed by atoms with Crippen LogP contribution in [0.25, 0.3) is 11.5 Å². The van der Waals surface area contributed by atoms with Gasteiger partial charge in [-0.15, -0.1) is 11.3 Å². The number of benzene rings is 2. The van der Waals surface area contributed by atoms with Crippen molar-refractivity contribution in [3.8, 4) is 11.5 Å². The highest BCUT2D eigenvalue weighted by Crippen LogP contribution is 2.24. The lowest BCUT2D eigenvalue weighted by Crippen LogP contribution is -2.27. The van der Waals surface area contributed by atoms with Crippen molar-refractivity contribution in [2.75, 3.05) is 11.4 Å². The summed E-state index contributed by atoms with van der Waals surface area (Å²) in [5.41, 5.74) is 1.68. The average molecular weight is 468 g/mol. The lowest BCUT2D eigenvalue weighted by atomic mass is 10.2. The first-order valence-corrected chi connectivity index (χ1v) is 12.1. The maximum Gasteiger partial charge on any atom is 0.264 e. The second-order valence-corrected chi connectivity index (χ2v) is 10.1. The van der Waals surface area contributed by atoms with Crippen molar-refractivity contribution < 1.29 is 17.6 Å². The quantitative estimate of drug-likeness (QED) is 0.433. The predicted octanol–water partition coefficient (Wildman–Crippen LogP) is 4.47. The summed E-state index contributed by atoms with van der Waals surface area (Å²) in [4.78, 5) is 17.0. The van der Waals surface area contributed by atoms with Gasteiger partial charge in [-0.25, -0.2) is 13.4 Å². The van der Waals surface area contributed by atoms with E-state index in [1.807, 2.05) is 24.4 Å². The number of aryl methyl sites for hydroxylation is 1. The van der Waals surface area contributed by atoms with Gasteiger partial charge in [0.2, 0.25) is 0 Å². The third-order valence-electron chi connectivity index (χ3n) is 4.85. The van der Waals surface area contributed by atoms with Crippen LogP contribution >= 0.6 is 11.3 Å². The molecule has 0 aliphatic rings. The number of aromatic nitrogens is 1. The third-order valence-corrected chi connectivity index (χ3v) is 7.42. The molecule has 32 heavy (non-hydrogen) atoms. The van der Waals surface area contributed by atoms with Gasteiger partial charge in [0, 0.05) is 18.0 Å². The Morgan fingerprint density at radius 2 is 1.78 bits per heavy atom. The molecule has 0 unspecified atom stereocenters. The zero-order valence-corrected chi connectivity index (χ0v) is 19.1. The fourth-order valence-corrected chi connectivity index (χ4v) is 4.87. The van der Waals surface area contributed by atoms with E-state index in [0.29, 0.717) is 22.8 Å². The van der Waals surface area contributed by atoms with Crippen LogP contribution in [0.5, 0.6) is 0 Å². The molecule has 1 amide bonds. The number of para-hydroxylation sites is 1. The Labute approximate surface area is 190 Å². The number of nitrogens with one attached hydrogen (secondary N) is 1. The molecule has 0 spiro atoms. The van der Waals surface area contributed by atoms with E-state index in [1.54, 1.807) is 41.7 Å². The van der Waals surface area contributed by atoms with E-state index in [1.165, 1.54) is 35.6 Å². The second-order valence-electron chi connectivity index (χ2n) is 7.03. The van der Waals surface area contributed by atoms with Gasteiger partial charge in [-0.2, -0.15) is 0 Å². The number of thiazole rings is 1. The third kappa shape index (κ3) is 4.58. The second kappa shape index (κ2) is 8.97. The fourth-order valence-electron chi connectivity index (χ4n) is 3.07. The van der Waals surface area contributed by atoms with Crippen molar-refractivity contribution in [2.24, 2.45) is 0 Å². The highest BCUT2D eigenvalue weighted by atomic mass is 32.2. The van der Waals surface area contributed by atoms with Crippen LogP contribution in [-0.4, -0.2) is 26.4 Å². The Bertz CT molecular complexity index is 1330. The average Bonchev–Trinajstić information content (AvgIpc) is 3.46. The van der Waals surface area contributed by atoms with Crippen LogP contribution in [0.1, 0.15) is 21.1 Å². The molecule has 0 radical (unpaired) electrons. The number of furan rings is 1. The topological polar surface area (TPSA) is 92.5 Å². The predicted molar refractivity (Wildman–Crippen MR) is 124 cm³/mol. The molecular weight excluding hydrogens is 446 g/mol. The molecule has 2 aromatic heterocycles. The van der Waals surface area contributed by atoms with Crippen molar-refractivity contribution >= 4 is 33.0 Å². The zero-order valence-electron chi connectivity index (χ0n) is 17.5. The zero-order chi connectivity index (χ0) is 22.7. The summed E-state index contributed by atoms with van der Waals surface area (Å²) >= 11 is 1.54. The van der Waals surface area contributed by atoms with Crippen molar-refractivity contribution in [3.05, 3.63) is 88.4 Å². The number of hydrogen-bond acceptors (Lipinski definition) is 6. The first kappa shape index (κ1) is 21.8. The number of nitrogens with zero attached hydrogens (tertiary/aromatic N) is 2. The van der Waals surface area contributed by atoms with Gasteiger partial charge in [-0.1, -0.05) is 18.2 Å². The molecule has 0 saturated carbocycles. The Morgan fingerprint density at radius 3 is 2.44 bits per heavy atom. The van der Waals surface area contributed by atoms with Gasteiger partial charge in [0.05, 0.1) is 22.1 Å². The number of hydrogen-bond donors (Lipinski definition) is 1. The van der Waals surface area contributed by atoms with Crippen molar-refractivity contribution in [3.63, 3.8) is 0 Å². The van der Waals surface area contributed by atoms with E-state index in [-0.39, 0.29) is 17.3 Å². The molecule has 2 heterocycles. The first-order chi connectivity index (χ1) is 15.3. The van der Waals surface area contributed by atoms with Crippen LogP contribution in [0.4, 0.5) is 5.69 Å². The van der Waals surface area contributed by atoms with Gasteiger partial charge in [0.1, 0.15) is 11.5 Å². The number of sulfonamides is 1. The van der Waals surface area contributed by atoms with Crippen molar-refractivity contribution in [2.45, 2.75) is 18.4 Å². The minimum atomic E-state index is -3.73. The lowest BCUT2D eigenvalue weighted by molar-refractivity contribution is 0.0948. The fraction of sp³-hybridized carbons (Fsp3) is 0.130. The molecule has 0 atom stereocenters. The number of anilines is 1. The summed E-state index contributed by atoms with van der Waals surface area (Å²) in [6.45, 7) is 2.13. The number of carbonyl (C=O) groups is 1. The largest absolute Gasteiger partial charge is 0.458 e. The van der Waals surface area contributed by atoms with E-state index in [9.17, 15) is 13.2 Å². The summed E-state index contributed by atoms with van der Waals surface area (Å²) < 4.78 is 32.7. The molecule has 4 rings (SSSR count). The Kier molecular flexibility index (Phi) is 6.11. The van der Waals surface area contributed by atoms with Crippen LogP contribution in [0.15, 0.2) is 81.4 Å². The first-order valence-electron chi connectivity index (χ1n) is 9.78. The molecule has 7 nitrogen and oxygen atoms in total. The highest BCUT2D eigenvalue weighted by molar-refractivity contribution is 7.92. The summed E-state index contributed by atoms with van der Waals surface area (Å²) in [6, 6.07) is 18.3. The summed E-state index contributed by atoms with van der Waals surface area (Å²) in [5, 5.41) is 5.65. The molecule has 0 aliphatic carbocycles. The van der Waals surface area contributed by atoms with Crippen LogP contribution in [0.2, 0.25) is 0 Å². The van der Waals surface area contributed by atoms with Gasteiger partial charge in [0.15, 0.2) is 5.76 Å². The summed E-state index contributed by atoms with van der Waals surface area (Å²) in [7, 11) is -2.23. The van der Waals surface area contributed by atoms with Crippen LogP contribution < -0.4 is 9.62 Å². The Balaban J connectivity index is 1.41. The SMILES string of the molecule is Cc1nc(-c2ccc(CNC(=O)c3ccc(S(=O)(=O)N(C)c4ccccc4)cc3)o2)cs1. The smallest absolute Gasteiger partial charge is 0.264 e. The monoisotopic (exact) mass is 467 g/mol. The minimum absolute atomic E-state index is 0.106. The lowest BCUT2D eigenvalue weighted by Gasteiger charge is -2.19. The van der Waals surface area contributed by atoms with Gasteiger partial charge in [0.25, 0.3) is 15.9 Å². The van der Waals surface area contributed by atoms with E-state index < -0.39 is 10.0 Å². The Morgan fingerprint density at radius 1 is 1.06 bits per heavy atom. The van der Waals surface area contributed by atoms with Gasteiger partial charge >= 0.3 is 0 Å². The van der Waals surface area contributed by atoms with Crippen LogP contribution in [-0.2, 0) is 16.6 Å². The molecule has 0 saturated heterocycles. The molecule has 0 bridgehead atoms. The van der Waals surface area contributed by atoms with E-state index >= 15 is 0 Å². The molecular formula is C23H21N3O4S2. The van der Waals surface area contributed by atoms with Crippen LogP contribution in [0.3, 0.4) is 0 Å². The number of rotatable bonds is 7. The number of amides is 1. The standard InChI is InChI=1S/C23H21N3O4S2/c1-16-25-21(15-31-16)22-13-10-19(30-22)14-24-23(27)17-8-11-20(12-9-17)32(28,29)26(2)18-6-4-3-5-7-18/h3-13,15H,14H2,1-2H3,(H,24,27). The maximum absolute atomic E-state index is 12.9. The van der Waals surface area contributed by atoms with E-state index in [4.69, 9.17) is 4.42 Å². The molecule has 164 valence electrons. The van der Waals surface area contributed by atoms with Gasteiger partial charge < -0.3 is 9.73 Å². The molecule has 1 N–H and O–H groups in total. The van der Waals surface area contributed by atoms with Crippen molar-refractivity contribution in [1.82, 2.24) is 10.3 Å². The normalized spacial score (nSPS) is 11.3. The molecule has 2 aromatic carbocycles. The van der Waals surface area contributed by atoms with Crippen molar-refractivity contribution in [1.29, 1.82) is 0 Å². The molecule has 4 aromatic rings. The molecule has 9 heteroatoms. The highest BCUT2D eigenvalue weighted by Gasteiger charge is 2.21.